The minimum atomic E-state index is -0.847. The zero-order valence-corrected chi connectivity index (χ0v) is 17.3. The van der Waals surface area contributed by atoms with Crippen molar-refractivity contribution in [2.45, 2.75) is 32.1 Å². The fraction of sp³-hybridized carbons (Fsp3) is 0.435. The molecule has 0 spiro atoms. The number of halogens is 2. The summed E-state index contributed by atoms with van der Waals surface area (Å²) in [4.78, 5) is 33.0. The minimum absolute atomic E-state index is 0.0643. The molecular formula is C23H26F2N4O2. The lowest BCUT2D eigenvalue weighted by Crippen LogP contribution is -2.49. The number of aromatic nitrogens is 1. The first-order chi connectivity index (χ1) is 15.0. The van der Waals surface area contributed by atoms with Crippen LogP contribution < -0.4 is 10.2 Å². The number of anilines is 2. The van der Waals surface area contributed by atoms with Gasteiger partial charge in [0.2, 0.25) is 5.91 Å². The van der Waals surface area contributed by atoms with Gasteiger partial charge in [-0.05, 0) is 37.1 Å². The molecule has 1 aromatic heterocycles. The molecule has 6 nitrogen and oxygen atoms in total. The van der Waals surface area contributed by atoms with Gasteiger partial charge >= 0.3 is 0 Å². The second-order valence-electron chi connectivity index (χ2n) is 8.13. The monoisotopic (exact) mass is 428 g/mol. The van der Waals surface area contributed by atoms with E-state index in [9.17, 15) is 18.4 Å². The topological polar surface area (TPSA) is 65.5 Å². The zero-order valence-electron chi connectivity index (χ0n) is 17.3. The summed E-state index contributed by atoms with van der Waals surface area (Å²) in [5.74, 6) is -1.08. The lowest BCUT2D eigenvalue weighted by molar-refractivity contribution is -0.120. The van der Waals surface area contributed by atoms with Gasteiger partial charge in [-0.1, -0.05) is 19.3 Å². The number of carbonyl (C=O) groups is 2. The van der Waals surface area contributed by atoms with Gasteiger partial charge in [0, 0.05) is 38.2 Å². The first-order valence-electron chi connectivity index (χ1n) is 10.8. The number of amides is 2. The van der Waals surface area contributed by atoms with Crippen LogP contribution >= 0.6 is 0 Å². The van der Waals surface area contributed by atoms with E-state index in [0.717, 1.165) is 43.6 Å². The van der Waals surface area contributed by atoms with Crippen LogP contribution in [0.15, 0.2) is 36.5 Å². The molecule has 0 atom stereocenters. The summed E-state index contributed by atoms with van der Waals surface area (Å²) >= 11 is 0. The van der Waals surface area contributed by atoms with Crippen LogP contribution in [0, 0.1) is 17.6 Å². The Morgan fingerprint density at radius 1 is 0.968 bits per heavy atom. The van der Waals surface area contributed by atoms with Gasteiger partial charge in [-0.25, -0.2) is 13.8 Å². The molecule has 0 unspecified atom stereocenters. The average Bonchev–Trinajstić information content (AvgIpc) is 2.80. The van der Waals surface area contributed by atoms with Crippen molar-refractivity contribution < 1.29 is 18.4 Å². The second-order valence-corrected chi connectivity index (χ2v) is 8.13. The maximum atomic E-state index is 13.9. The summed E-state index contributed by atoms with van der Waals surface area (Å²) in [7, 11) is 0. The number of rotatable bonds is 4. The zero-order chi connectivity index (χ0) is 21.8. The van der Waals surface area contributed by atoms with E-state index < -0.39 is 17.5 Å². The van der Waals surface area contributed by atoms with Crippen LogP contribution in [0.2, 0.25) is 0 Å². The molecule has 1 aliphatic heterocycles. The number of pyridine rings is 1. The number of piperazine rings is 1. The Balaban J connectivity index is 1.31. The lowest BCUT2D eigenvalue weighted by Gasteiger charge is -2.35. The van der Waals surface area contributed by atoms with Gasteiger partial charge in [0.25, 0.3) is 5.91 Å². The van der Waals surface area contributed by atoms with Crippen molar-refractivity contribution in [3.05, 3.63) is 53.7 Å². The lowest BCUT2D eigenvalue weighted by atomic mass is 9.88. The smallest absolute Gasteiger partial charge is 0.256 e. The number of hydrogen-bond acceptors (Lipinski definition) is 4. The van der Waals surface area contributed by atoms with E-state index in [1.54, 1.807) is 11.1 Å². The first kappa shape index (κ1) is 21.2. The third-order valence-corrected chi connectivity index (χ3v) is 6.04. The highest BCUT2D eigenvalue weighted by Gasteiger charge is 2.25. The molecule has 4 rings (SSSR count). The van der Waals surface area contributed by atoms with Crippen LogP contribution in [0.3, 0.4) is 0 Å². The number of nitrogens with zero attached hydrogens (tertiary/aromatic N) is 3. The van der Waals surface area contributed by atoms with E-state index in [2.05, 4.69) is 10.3 Å². The summed E-state index contributed by atoms with van der Waals surface area (Å²) in [6, 6.07) is 6.69. The SMILES string of the molecule is O=C(Nc1ccc(N2CCN(C(=O)c3ccc(F)cc3F)CC2)nc1)C1CCCCC1. The normalized spacial score (nSPS) is 17.5. The number of benzene rings is 1. The van der Waals surface area contributed by atoms with E-state index in [0.29, 0.717) is 31.9 Å². The molecular weight excluding hydrogens is 402 g/mol. The van der Waals surface area contributed by atoms with E-state index in [1.165, 1.54) is 12.5 Å². The van der Waals surface area contributed by atoms with Gasteiger partial charge < -0.3 is 15.1 Å². The Bertz CT molecular complexity index is 937. The molecule has 1 aromatic carbocycles. The highest BCUT2D eigenvalue weighted by molar-refractivity contribution is 5.94. The van der Waals surface area contributed by atoms with Crippen LogP contribution in [-0.2, 0) is 4.79 Å². The van der Waals surface area contributed by atoms with Gasteiger partial charge in [-0.3, -0.25) is 9.59 Å². The molecule has 164 valence electrons. The summed E-state index contributed by atoms with van der Waals surface area (Å²) in [6.45, 7) is 1.93. The van der Waals surface area contributed by atoms with Crippen molar-refractivity contribution in [3.8, 4) is 0 Å². The minimum Gasteiger partial charge on any atom is -0.353 e. The largest absolute Gasteiger partial charge is 0.353 e. The summed E-state index contributed by atoms with van der Waals surface area (Å²) in [5.41, 5.74) is 0.561. The molecule has 1 saturated carbocycles. The molecule has 2 aromatic rings. The summed E-state index contributed by atoms with van der Waals surface area (Å²) < 4.78 is 27.0. The van der Waals surface area contributed by atoms with Gasteiger partial charge in [0.05, 0.1) is 17.4 Å². The molecule has 1 N–H and O–H groups in total. The predicted octanol–water partition coefficient (Wildman–Crippen LogP) is 3.84. The van der Waals surface area contributed by atoms with Crippen LogP contribution in [0.1, 0.15) is 42.5 Å². The van der Waals surface area contributed by atoms with Crippen molar-refractivity contribution in [1.82, 2.24) is 9.88 Å². The third kappa shape index (κ3) is 5.00. The molecule has 0 radical (unpaired) electrons. The third-order valence-electron chi connectivity index (χ3n) is 6.04. The van der Waals surface area contributed by atoms with Crippen LogP contribution in [0.5, 0.6) is 0 Å². The predicted molar refractivity (Wildman–Crippen MR) is 114 cm³/mol. The van der Waals surface area contributed by atoms with Gasteiger partial charge in [-0.2, -0.15) is 0 Å². The first-order valence-corrected chi connectivity index (χ1v) is 10.8. The van der Waals surface area contributed by atoms with Crippen LogP contribution in [-0.4, -0.2) is 47.9 Å². The van der Waals surface area contributed by atoms with E-state index in [-0.39, 0.29) is 17.4 Å². The highest BCUT2D eigenvalue weighted by Crippen LogP contribution is 2.25. The molecule has 2 amide bonds. The van der Waals surface area contributed by atoms with Crippen LogP contribution in [0.25, 0.3) is 0 Å². The molecule has 2 aliphatic rings. The van der Waals surface area contributed by atoms with Gasteiger partial charge in [0.15, 0.2) is 0 Å². The van der Waals surface area contributed by atoms with Crippen molar-refractivity contribution in [2.24, 2.45) is 5.92 Å². The van der Waals surface area contributed by atoms with E-state index >= 15 is 0 Å². The van der Waals surface area contributed by atoms with Gasteiger partial charge in [0.1, 0.15) is 17.5 Å². The van der Waals surface area contributed by atoms with E-state index in [4.69, 9.17) is 0 Å². The van der Waals surface area contributed by atoms with Crippen LogP contribution in [0.4, 0.5) is 20.3 Å². The Morgan fingerprint density at radius 3 is 2.35 bits per heavy atom. The molecule has 0 bridgehead atoms. The molecule has 31 heavy (non-hydrogen) atoms. The molecule has 1 aliphatic carbocycles. The standard InChI is InChI=1S/C23H26F2N4O2/c24-17-6-8-19(20(25)14-17)23(31)29-12-10-28(11-13-29)21-9-7-18(15-26-21)27-22(30)16-4-2-1-3-5-16/h6-9,14-16H,1-5,10-13H2,(H,27,30). The van der Waals surface area contributed by atoms with Crippen molar-refractivity contribution in [2.75, 3.05) is 36.4 Å². The molecule has 2 fully saturated rings. The number of carbonyl (C=O) groups excluding carboxylic acids is 2. The van der Waals surface area contributed by atoms with E-state index in [1.807, 2.05) is 17.0 Å². The Labute approximate surface area is 180 Å². The molecule has 1 saturated heterocycles. The van der Waals surface area contributed by atoms with Crippen molar-refractivity contribution in [1.29, 1.82) is 0 Å². The fourth-order valence-corrected chi connectivity index (χ4v) is 4.23. The second kappa shape index (κ2) is 9.41. The fourth-order valence-electron chi connectivity index (χ4n) is 4.23. The average molecular weight is 428 g/mol. The number of nitrogens with one attached hydrogen (secondary N) is 1. The summed E-state index contributed by atoms with van der Waals surface area (Å²) in [6.07, 6.45) is 6.97. The highest BCUT2D eigenvalue weighted by atomic mass is 19.1. The molecule has 2 heterocycles. The summed E-state index contributed by atoms with van der Waals surface area (Å²) in [5, 5.41) is 2.96. The quantitative estimate of drug-likeness (QED) is 0.804. The maximum Gasteiger partial charge on any atom is 0.256 e. The Morgan fingerprint density at radius 2 is 1.71 bits per heavy atom. The van der Waals surface area contributed by atoms with Crippen molar-refractivity contribution in [3.63, 3.8) is 0 Å². The van der Waals surface area contributed by atoms with Gasteiger partial charge in [-0.15, -0.1) is 0 Å². The Hall–Kier alpha value is -3.03. The maximum absolute atomic E-state index is 13.9. The molecule has 8 heteroatoms. The number of hydrogen-bond donors (Lipinski definition) is 1. The van der Waals surface area contributed by atoms with Crippen molar-refractivity contribution >= 4 is 23.3 Å². The Kier molecular flexibility index (Phi) is 6.44.